The third-order valence-corrected chi connectivity index (χ3v) is 1.72. The van der Waals surface area contributed by atoms with Crippen LogP contribution in [0, 0.1) is 10.1 Å². The predicted molar refractivity (Wildman–Crippen MR) is 48.2 cm³/mol. The second-order valence-electron chi connectivity index (χ2n) is 2.17. The first kappa shape index (κ1) is 8.74. The van der Waals surface area contributed by atoms with E-state index in [0.717, 1.165) is 0 Å². The van der Waals surface area contributed by atoms with Crippen molar-refractivity contribution in [3.8, 4) is 0 Å². The minimum Gasteiger partial charge on any atom is -0.258 e. The highest BCUT2D eigenvalue weighted by atomic mass is 35.5. The number of nitro groups is 1. The lowest BCUT2D eigenvalue weighted by Crippen LogP contribution is -1.89. The summed E-state index contributed by atoms with van der Waals surface area (Å²) in [6.45, 7) is 3.50. The molecule has 0 unspecified atom stereocenters. The average molecular weight is 184 g/mol. The number of nitro benzene ring substituents is 1. The molecule has 0 saturated heterocycles. The van der Waals surface area contributed by atoms with Crippen molar-refractivity contribution in [2.75, 3.05) is 0 Å². The van der Waals surface area contributed by atoms with E-state index in [1.165, 1.54) is 18.2 Å². The van der Waals surface area contributed by atoms with Gasteiger partial charge in [-0.1, -0.05) is 30.3 Å². The quantitative estimate of drug-likeness (QED) is 0.523. The molecule has 0 bridgehead atoms. The van der Waals surface area contributed by atoms with Crippen molar-refractivity contribution in [2.24, 2.45) is 0 Å². The topological polar surface area (TPSA) is 43.1 Å². The Bertz CT molecular complexity index is 336. The van der Waals surface area contributed by atoms with Gasteiger partial charge in [-0.05, 0) is 11.6 Å². The lowest BCUT2D eigenvalue weighted by molar-refractivity contribution is -0.384. The molecule has 0 aromatic heterocycles. The van der Waals surface area contributed by atoms with Gasteiger partial charge in [-0.25, -0.2) is 0 Å². The summed E-state index contributed by atoms with van der Waals surface area (Å²) in [6.07, 6.45) is 1.53. The zero-order valence-electron chi connectivity index (χ0n) is 6.16. The molecule has 0 radical (unpaired) electrons. The van der Waals surface area contributed by atoms with E-state index in [2.05, 4.69) is 6.58 Å². The normalized spacial score (nSPS) is 9.42. The highest BCUT2D eigenvalue weighted by molar-refractivity contribution is 6.32. The highest BCUT2D eigenvalue weighted by Crippen LogP contribution is 2.25. The van der Waals surface area contributed by atoms with Crippen LogP contribution in [0.1, 0.15) is 5.56 Å². The molecule has 0 aliphatic carbocycles. The van der Waals surface area contributed by atoms with Gasteiger partial charge in [0.05, 0.1) is 4.92 Å². The summed E-state index contributed by atoms with van der Waals surface area (Å²) < 4.78 is 0. The van der Waals surface area contributed by atoms with Crippen molar-refractivity contribution < 1.29 is 4.92 Å². The molecule has 1 aromatic rings. The lowest BCUT2D eigenvalue weighted by atomic mass is 10.2. The Balaban J connectivity index is 3.25. The van der Waals surface area contributed by atoms with Crippen LogP contribution >= 0.6 is 11.6 Å². The molecule has 3 nitrogen and oxygen atoms in total. The fraction of sp³-hybridized carbons (Fsp3) is 0. The third kappa shape index (κ3) is 1.62. The van der Waals surface area contributed by atoms with Gasteiger partial charge < -0.3 is 0 Å². The van der Waals surface area contributed by atoms with E-state index in [1.807, 2.05) is 0 Å². The molecule has 4 heteroatoms. The van der Waals surface area contributed by atoms with Gasteiger partial charge in [0.1, 0.15) is 5.02 Å². The summed E-state index contributed by atoms with van der Waals surface area (Å²) in [6, 6.07) is 4.54. The van der Waals surface area contributed by atoms with Crippen LogP contribution in [0.5, 0.6) is 0 Å². The summed E-state index contributed by atoms with van der Waals surface area (Å²) >= 11 is 5.57. The molecule has 62 valence electrons. The molecule has 0 amide bonds. The van der Waals surface area contributed by atoms with Crippen LogP contribution in [0.3, 0.4) is 0 Å². The fourth-order valence-corrected chi connectivity index (χ4v) is 0.983. The van der Waals surface area contributed by atoms with Gasteiger partial charge >= 0.3 is 0 Å². The molecule has 0 N–H and O–H groups in total. The Hall–Kier alpha value is -1.35. The van der Waals surface area contributed by atoms with Crippen LogP contribution < -0.4 is 0 Å². The third-order valence-electron chi connectivity index (χ3n) is 1.40. The van der Waals surface area contributed by atoms with E-state index >= 15 is 0 Å². The molecule has 0 heterocycles. The Morgan fingerprint density at radius 3 is 2.75 bits per heavy atom. The van der Waals surface area contributed by atoms with Crippen LogP contribution in [-0.2, 0) is 0 Å². The van der Waals surface area contributed by atoms with Crippen LogP contribution in [-0.4, -0.2) is 4.92 Å². The van der Waals surface area contributed by atoms with Crippen molar-refractivity contribution in [3.63, 3.8) is 0 Å². The minimum absolute atomic E-state index is 0.0888. The van der Waals surface area contributed by atoms with Crippen LogP contribution in [0.15, 0.2) is 24.8 Å². The molecule has 0 saturated carbocycles. The van der Waals surface area contributed by atoms with E-state index in [4.69, 9.17) is 11.6 Å². The van der Waals surface area contributed by atoms with Crippen molar-refractivity contribution in [1.29, 1.82) is 0 Å². The Labute approximate surface area is 74.4 Å². The molecule has 0 fully saturated rings. The van der Waals surface area contributed by atoms with Crippen molar-refractivity contribution >= 4 is 23.4 Å². The van der Waals surface area contributed by atoms with Crippen LogP contribution in [0.4, 0.5) is 5.69 Å². The summed E-state index contributed by atoms with van der Waals surface area (Å²) in [5.41, 5.74) is 0.597. The molecule has 1 rings (SSSR count). The largest absolute Gasteiger partial charge is 0.288 e. The van der Waals surface area contributed by atoms with Gasteiger partial charge in [-0.3, -0.25) is 10.1 Å². The van der Waals surface area contributed by atoms with E-state index in [1.54, 1.807) is 6.07 Å². The Morgan fingerprint density at radius 2 is 2.25 bits per heavy atom. The SMILES string of the molecule is C=Cc1ccc(Cl)c([N+](=O)[O-])c1. The minimum atomic E-state index is -0.519. The van der Waals surface area contributed by atoms with Gasteiger partial charge in [-0.2, -0.15) is 0 Å². The summed E-state index contributed by atoms with van der Waals surface area (Å²) in [5.74, 6) is 0. The number of nitrogens with zero attached hydrogens (tertiary/aromatic N) is 1. The van der Waals surface area contributed by atoms with Gasteiger partial charge in [0.25, 0.3) is 5.69 Å². The first-order valence-corrected chi connectivity index (χ1v) is 3.59. The van der Waals surface area contributed by atoms with Crippen LogP contribution in [0.25, 0.3) is 6.08 Å². The molecular weight excluding hydrogens is 178 g/mol. The van der Waals surface area contributed by atoms with E-state index in [-0.39, 0.29) is 10.7 Å². The van der Waals surface area contributed by atoms with Gasteiger partial charge in [0.15, 0.2) is 0 Å². The highest BCUT2D eigenvalue weighted by Gasteiger charge is 2.10. The molecule has 1 aromatic carbocycles. The summed E-state index contributed by atoms with van der Waals surface area (Å²) in [7, 11) is 0. The molecule has 0 spiro atoms. The number of hydrogen-bond acceptors (Lipinski definition) is 2. The fourth-order valence-electron chi connectivity index (χ4n) is 0.797. The zero-order chi connectivity index (χ0) is 9.14. The number of hydrogen-bond donors (Lipinski definition) is 0. The molecule has 12 heavy (non-hydrogen) atoms. The number of rotatable bonds is 2. The lowest BCUT2D eigenvalue weighted by Gasteiger charge is -1.95. The van der Waals surface area contributed by atoms with Crippen molar-refractivity contribution in [3.05, 3.63) is 45.5 Å². The van der Waals surface area contributed by atoms with Gasteiger partial charge in [0, 0.05) is 6.07 Å². The molecular formula is C8H6ClNO2. The second-order valence-corrected chi connectivity index (χ2v) is 2.58. The first-order valence-electron chi connectivity index (χ1n) is 3.21. The zero-order valence-corrected chi connectivity index (χ0v) is 6.91. The monoisotopic (exact) mass is 183 g/mol. The number of benzene rings is 1. The average Bonchev–Trinajstić information content (AvgIpc) is 2.05. The van der Waals surface area contributed by atoms with E-state index in [0.29, 0.717) is 5.56 Å². The molecule has 0 aliphatic heterocycles. The maximum atomic E-state index is 10.4. The van der Waals surface area contributed by atoms with Gasteiger partial charge in [-0.15, -0.1) is 0 Å². The standard InChI is InChI=1S/C8H6ClNO2/c1-2-6-3-4-7(9)8(5-6)10(11)12/h2-5H,1H2. The summed E-state index contributed by atoms with van der Waals surface area (Å²) in [5, 5.41) is 10.5. The van der Waals surface area contributed by atoms with E-state index < -0.39 is 4.92 Å². The van der Waals surface area contributed by atoms with Gasteiger partial charge in [0.2, 0.25) is 0 Å². The van der Waals surface area contributed by atoms with Crippen molar-refractivity contribution in [2.45, 2.75) is 0 Å². The van der Waals surface area contributed by atoms with Crippen LogP contribution in [0.2, 0.25) is 5.02 Å². The maximum absolute atomic E-state index is 10.4. The summed E-state index contributed by atoms with van der Waals surface area (Å²) in [4.78, 5) is 9.86. The molecule has 0 atom stereocenters. The van der Waals surface area contributed by atoms with Crippen molar-refractivity contribution in [1.82, 2.24) is 0 Å². The first-order chi connectivity index (χ1) is 5.65. The second kappa shape index (κ2) is 3.36. The van der Waals surface area contributed by atoms with E-state index in [9.17, 15) is 10.1 Å². The number of halogens is 1. The predicted octanol–water partition coefficient (Wildman–Crippen LogP) is 2.89. The molecule has 0 aliphatic rings. The smallest absolute Gasteiger partial charge is 0.258 e. The Kier molecular flexibility index (Phi) is 2.45. The Morgan fingerprint density at radius 1 is 1.58 bits per heavy atom. The maximum Gasteiger partial charge on any atom is 0.288 e.